The lowest BCUT2D eigenvalue weighted by Crippen LogP contribution is -2.47. The maximum Gasteiger partial charge on any atom is 0.472 e. The Morgan fingerprint density at radius 2 is 1.34 bits per heavy atom. The van der Waals surface area contributed by atoms with Crippen molar-refractivity contribution in [2.75, 3.05) is 100 Å². The van der Waals surface area contributed by atoms with Gasteiger partial charge in [0.2, 0.25) is 5.91 Å². The van der Waals surface area contributed by atoms with Gasteiger partial charge in [-0.3, -0.25) is 28.2 Å². The number of carboxylic acids is 1. The van der Waals surface area contributed by atoms with Crippen molar-refractivity contribution in [2.24, 2.45) is 16.2 Å². The summed E-state index contributed by atoms with van der Waals surface area (Å²) in [7, 11) is 4.72. The fraction of sp³-hybridized carbons (Fsp3) is 0.865. The summed E-state index contributed by atoms with van der Waals surface area (Å²) in [5.74, 6) is -2.42. The molecule has 0 aromatic heterocycles. The van der Waals surface area contributed by atoms with Crippen LogP contribution in [-0.4, -0.2) is 154 Å². The summed E-state index contributed by atoms with van der Waals surface area (Å²) < 4.78 is 39.5. The molecule has 0 aliphatic carbocycles. The first-order valence-corrected chi connectivity index (χ1v) is 21.8. The topological polar surface area (TPSA) is 201 Å². The van der Waals surface area contributed by atoms with E-state index < -0.39 is 54.6 Å². The summed E-state index contributed by atoms with van der Waals surface area (Å²) in [6.07, 6.45) is 3.69. The van der Waals surface area contributed by atoms with Crippen molar-refractivity contribution >= 4 is 62.9 Å². The Bertz CT molecular complexity index is 1310. The number of quaternary nitrogens is 2. The summed E-state index contributed by atoms with van der Waals surface area (Å²) in [5.41, 5.74) is -3.98. The van der Waals surface area contributed by atoms with Crippen molar-refractivity contribution < 1.29 is 70.8 Å². The van der Waals surface area contributed by atoms with E-state index in [4.69, 9.17) is 23.3 Å². The third-order valence-corrected chi connectivity index (χ3v) is 11.1. The van der Waals surface area contributed by atoms with Gasteiger partial charge in [-0.2, -0.15) is 25.3 Å². The number of unbranched alkanes of at least 4 members (excludes halogenated alkanes) is 1. The van der Waals surface area contributed by atoms with Gasteiger partial charge in [-0.1, -0.05) is 13.3 Å². The lowest BCUT2D eigenvalue weighted by molar-refractivity contribution is -0.883. The van der Waals surface area contributed by atoms with E-state index in [1.165, 1.54) is 0 Å². The molecule has 19 heteroatoms. The van der Waals surface area contributed by atoms with Crippen LogP contribution in [-0.2, 0) is 51.8 Å². The molecule has 0 rings (SSSR count). The number of nitrogens with one attached hydrogen (secondary N) is 1. The minimum atomic E-state index is -4.38. The molecule has 0 saturated heterocycles. The van der Waals surface area contributed by atoms with Crippen LogP contribution in [0, 0.1) is 16.2 Å². The summed E-state index contributed by atoms with van der Waals surface area (Å²) in [5, 5.41) is 12.2. The molecular formula is C37H72N3O13PS2+2. The van der Waals surface area contributed by atoms with Crippen LogP contribution in [0.3, 0.4) is 0 Å². The molecule has 0 saturated carbocycles. The molecule has 0 heterocycles. The molecule has 4 unspecified atom stereocenters. The van der Waals surface area contributed by atoms with E-state index in [0.717, 1.165) is 25.0 Å². The smallest absolute Gasteiger partial charge is 0.472 e. The van der Waals surface area contributed by atoms with Gasteiger partial charge >= 0.3 is 31.7 Å². The van der Waals surface area contributed by atoms with Gasteiger partial charge in [0.25, 0.3) is 0 Å². The van der Waals surface area contributed by atoms with Crippen molar-refractivity contribution in [1.29, 1.82) is 0 Å². The van der Waals surface area contributed by atoms with Crippen LogP contribution in [0.25, 0.3) is 0 Å². The van der Waals surface area contributed by atoms with Gasteiger partial charge in [-0.15, -0.1) is 0 Å². The first-order valence-electron chi connectivity index (χ1n) is 19.2. The lowest BCUT2D eigenvalue weighted by Gasteiger charge is -2.39. The number of hydrogen-bond acceptors (Lipinski definition) is 13. The molecule has 0 aliphatic rings. The summed E-state index contributed by atoms with van der Waals surface area (Å²) in [4.78, 5) is 74.5. The molecule has 328 valence electrons. The van der Waals surface area contributed by atoms with Gasteiger partial charge in [0.1, 0.15) is 39.5 Å². The molecule has 0 fully saturated rings. The summed E-state index contributed by atoms with van der Waals surface area (Å²) in [6, 6.07) is 0. The number of phosphoric acid groups is 1. The monoisotopic (exact) mass is 861 g/mol. The number of carbonyl (C=O) groups excluding carboxylic acids is 4. The zero-order valence-electron chi connectivity index (χ0n) is 35.4. The first kappa shape index (κ1) is 54.1. The van der Waals surface area contributed by atoms with Gasteiger partial charge in [0.15, 0.2) is 6.54 Å². The molecule has 0 aromatic rings. The molecule has 4 atom stereocenters. The Morgan fingerprint density at radius 1 is 0.768 bits per heavy atom. The van der Waals surface area contributed by atoms with Crippen molar-refractivity contribution in [3.05, 3.63) is 0 Å². The van der Waals surface area contributed by atoms with Crippen molar-refractivity contribution in [3.63, 3.8) is 0 Å². The van der Waals surface area contributed by atoms with Crippen LogP contribution in [0.5, 0.6) is 0 Å². The average molecular weight is 862 g/mol. The number of rotatable bonds is 31. The molecule has 0 radical (unpaired) electrons. The number of esters is 3. The van der Waals surface area contributed by atoms with Gasteiger partial charge in [-0.05, 0) is 72.0 Å². The maximum absolute atomic E-state index is 13.9. The van der Waals surface area contributed by atoms with Crippen LogP contribution >= 0.6 is 33.1 Å². The molecule has 0 aliphatic heterocycles. The van der Waals surface area contributed by atoms with Gasteiger partial charge in [0.05, 0.1) is 64.6 Å². The van der Waals surface area contributed by atoms with E-state index >= 15 is 0 Å². The average Bonchev–Trinajstić information content (AvgIpc) is 3.05. The fourth-order valence-corrected chi connectivity index (χ4v) is 7.49. The van der Waals surface area contributed by atoms with Crippen molar-refractivity contribution in [2.45, 2.75) is 91.2 Å². The van der Waals surface area contributed by atoms with Crippen molar-refractivity contribution in [3.8, 4) is 0 Å². The van der Waals surface area contributed by atoms with E-state index in [2.05, 4.69) is 30.6 Å². The Labute approximate surface area is 345 Å². The second-order valence-electron chi connectivity index (χ2n) is 17.2. The highest BCUT2D eigenvalue weighted by Crippen LogP contribution is 2.46. The second-order valence-corrected chi connectivity index (χ2v) is 19.9. The predicted molar refractivity (Wildman–Crippen MR) is 219 cm³/mol. The van der Waals surface area contributed by atoms with Crippen LogP contribution in [0.15, 0.2) is 0 Å². The Kier molecular flexibility index (Phi) is 24.0. The Balaban J connectivity index is 5.76. The van der Waals surface area contributed by atoms with E-state index in [-0.39, 0.29) is 81.0 Å². The zero-order chi connectivity index (χ0) is 43.4. The maximum atomic E-state index is 13.9. The lowest BCUT2D eigenvalue weighted by atomic mass is 9.65. The van der Waals surface area contributed by atoms with Crippen molar-refractivity contribution in [1.82, 2.24) is 5.32 Å². The van der Waals surface area contributed by atoms with Gasteiger partial charge < -0.3 is 38.5 Å². The number of carbonyl (C=O) groups is 5. The molecule has 1 amide bonds. The number of aliphatic carboxylic acids is 1. The van der Waals surface area contributed by atoms with E-state index in [1.54, 1.807) is 48.7 Å². The predicted octanol–water partition coefficient (Wildman–Crippen LogP) is 4.14. The van der Waals surface area contributed by atoms with E-state index in [1.807, 2.05) is 21.1 Å². The Hall–Kier alpha value is -1.92. The molecule has 0 bridgehead atoms. The van der Waals surface area contributed by atoms with Crippen LogP contribution in [0.4, 0.5) is 0 Å². The minimum absolute atomic E-state index is 0.0222. The third-order valence-electron chi connectivity index (χ3n) is 9.32. The van der Waals surface area contributed by atoms with E-state index in [9.17, 15) is 38.5 Å². The largest absolute Gasteiger partial charge is 0.477 e. The van der Waals surface area contributed by atoms with Crippen LogP contribution < -0.4 is 5.32 Å². The number of thiol groups is 2. The van der Waals surface area contributed by atoms with E-state index in [0.29, 0.717) is 23.9 Å². The molecule has 56 heavy (non-hydrogen) atoms. The SMILES string of the molecule is CCC(C)(CC(C)(CC(C)(C)C(=O)OCCOP(=O)(O)OCC[N+](C)(C)C)C(=O)OCCNC(=O)CCCCC(S)CCS)C(=O)OCC[N+](C)(C)CC(=O)O. The zero-order valence-corrected chi connectivity index (χ0v) is 38.1. The molecular weight excluding hydrogens is 790 g/mol. The molecule has 3 N–H and O–H groups in total. The minimum Gasteiger partial charge on any atom is -0.477 e. The summed E-state index contributed by atoms with van der Waals surface area (Å²) >= 11 is 8.73. The second kappa shape index (κ2) is 24.9. The number of ether oxygens (including phenoxy) is 3. The normalized spacial score (nSPS) is 16.1. The highest BCUT2D eigenvalue weighted by molar-refractivity contribution is 7.81. The number of nitrogens with zero attached hydrogens (tertiary/aromatic N) is 2. The molecule has 0 spiro atoms. The van der Waals surface area contributed by atoms with Crippen LogP contribution in [0.1, 0.15) is 86.0 Å². The highest BCUT2D eigenvalue weighted by Gasteiger charge is 2.50. The number of carboxylic acid groups (broad SMARTS) is 1. The number of phosphoric ester groups is 1. The first-order chi connectivity index (χ1) is 25.6. The quantitative estimate of drug-likeness (QED) is 0.0167. The van der Waals surface area contributed by atoms with Gasteiger partial charge in [-0.25, -0.2) is 9.36 Å². The molecule has 16 nitrogen and oxygen atoms in total. The number of hydrogen-bond donors (Lipinski definition) is 5. The Morgan fingerprint density at radius 3 is 1.91 bits per heavy atom. The number of likely N-dealkylation sites (N-methyl/N-ethyl adjacent to an activating group) is 2. The number of amides is 1. The van der Waals surface area contributed by atoms with Gasteiger partial charge in [0, 0.05) is 11.7 Å². The molecule has 0 aromatic carbocycles. The standard InChI is InChI=1S/C37H70N3O13PS2/c1-11-36(4,33(45)50-21-19-40(9,10)26-31(42)43)28-37(5,34(46)49-20-17-38-30(41)15-13-12-14-29(56)16-25-55)27-35(2,3)32(44)51-23-24-53-54(47,48)52-22-18-39(6,7)8/h29H,11-28H2,1-10H3,(H3-2,38,41,42,43,47,48,55,56)/p+2. The van der Waals surface area contributed by atoms with Crippen LogP contribution in [0.2, 0.25) is 0 Å². The summed E-state index contributed by atoms with van der Waals surface area (Å²) in [6.45, 7) is 7.76. The third kappa shape index (κ3) is 23.5. The highest BCUT2D eigenvalue weighted by atomic mass is 32.1. The fourth-order valence-electron chi connectivity index (χ4n) is 5.97.